The zero-order valence-electron chi connectivity index (χ0n) is 16.8. The van der Waals surface area contributed by atoms with Crippen LogP contribution >= 0.6 is 0 Å². The number of hydrogen-bond donors (Lipinski definition) is 0. The fraction of sp³-hybridized carbons (Fsp3) is 0.579. The van der Waals surface area contributed by atoms with Crippen molar-refractivity contribution in [3.63, 3.8) is 0 Å². The Morgan fingerprint density at radius 1 is 1.18 bits per heavy atom. The third-order valence-electron chi connectivity index (χ3n) is 4.02. The number of likely N-dealkylation sites (tertiary alicyclic amines) is 1. The summed E-state index contributed by atoms with van der Waals surface area (Å²) in [4.78, 5) is 25.9. The second-order valence-electron chi connectivity index (χ2n) is 7.62. The van der Waals surface area contributed by atoms with Gasteiger partial charge in [0.15, 0.2) is 0 Å². The summed E-state index contributed by atoms with van der Waals surface area (Å²) < 4.78 is 40.7. The van der Waals surface area contributed by atoms with E-state index in [-0.39, 0.29) is 24.5 Å². The van der Waals surface area contributed by atoms with Gasteiger partial charge in [-0.05, 0) is 46.8 Å². The molecular formula is C19H27NO7S. The Labute approximate surface area is 165 Å². The highest BCUT2D eigenvalue weighted by Crippen LogP contribution is 2.27. The highest BCUT2D eigenvalue weighted by molar-refractivity contribution is 7.86. The van der Waals surface area contributed by atoms with E-state index in [4.69, 9.17) is 13.7 Å². The first-order chi connectivity index (χ1) is 12.9. The van der Waals surface area contributed by atoms with Gasteiger partial charge in [-0.25, -0.2) is 9.59 Å². The van der Waals surface area contributed by atoms with E-state index in [0.717, 1.165) is 5.56 Å². The van der Waals surface area contributed by atoms with Crippen molar-refractivity contribution in [3.05, 3.63) is 29.8 Å². The van der Waals surface area contributed by atoms with E-state index in [2.05, 4.69) is 0 Å². The molecule has 0 spiro atoms. The maximum absolute atomic E-state index is 12.5. The Hall–Kier alpha value is -2.13. The molecule has 1 fully saturated rings. The summed E-state index contributed by atoms with van der Waals surface area (Å²) in [5.41, 5.74) is 0.154. The van der Waals surface area contributed by atoms with Crippen molar-refractivity contribution in [2.75, 3.05) is 13.2 Å². The Kier molecular flexibility index (Phi) is 6.71. The average Bonchev–Trinajstić information content (AvgIpc) is 2.97. The normalized spacial score (nSPS) is 20.1. The lowest BCUT2D eigenvalue weighted by Crippen LogP contribution is -2.44. The van der Waals surface area contributed by atoms with Gasteiger partial charge in [0.1, 0.15) is 11.6 Å². The topological polar surface area (TPSA) is 99.2 Å². The fourth-order valence-corrected chi connectivity index (χ4v) is 3.87. The molecule has 156 valence electrons. The molecule has 2 atom stereocenters. The Morgan fingerprint density at radius 2 is 1.79 bits per heavy atom. The Morgan fingerprint density at radius 3 is 2.32 bits per heavy atom. The van der Waals surface area contributed by atoms with E-state index in [1.54, 1.807) is 39.8 Å². The van der Waals surface area contributed by atoms with E-state index < -0.39 is 39.9 Å². The largest absolute Gasteiger partial charge is 0.464 e. The van der Waals surface area contributed by atoms with Crippen molar-refractivity contribution in [3.8, 4) is 0 Å². The highest BCUT2D eigenvalue weighted by Gasteiger charge is 2.44. The van der Waals surface area contributed by atoms with Crippen LogP contribution in [0.15, 0.2) is 29.2 Å². The molecule has 2 rings (SSSR count). The van der Waals surface area contributed by atoms with Gasteiger partial charge in [-0.2, -0.15) is 8.42 Å². The smallest absolute Gasteiger partial charge is 0.411 e. The first-order valence-electron chi connectivity index (χ1n) is 9.09. The number of amides is 1. The monoisotopic (exact) mass is 413 g/mol. The number of carbonyl (C=O) groups excluding carboxylic acids is 2. The molecule has 1 aromatic carbocycles. The van der Waals surface area contributed by atoms with Crippen molar-refractivity contribution < 1.29 is 31.7 Å². The van der Waals surface area contributed by atoms with Crippen LogP contribution in [0.3, 0.4) is 0 Å². The average molecular weight is 413 g/mol. The summed E-state index contributed by atoms with van der Waals surface area (Å²) in [7, 11) is -4.04. The van der Waals surface area contributed by atoms with Gasteiger partial charge in [-0.3, -0.25) is 9.08 Å². The second-order valence-corrected chi connectivity index (χ2v) is 9.19. The summed E-state index contributed by atoms with van der Waals surface area (Å²) in [6.07, 6.45) is -1.60. The summed E-state index contributed by atoms with van der Waals surface area (Å²) in [6, 6.07) is 5.27. The Balaban J connectivity index is 2.19. The fourth-order valence-electron chi connectivity index (χ4n) is 2.79. The number of ether oxygens (including phenoxy) is 2. The summed E-state index contributed by atoms with van der Waals surface area (Å²) in [6.45, 7) is 8.66. The minimum atomic E-state index is -4.04. The molecule has 1 aromatic rings. The number of nitrogens with zero attached hydrogens (tertiary/aromatic N) is 1. The maximum atomic E-state index is 12.5. The first kappa shape index (κ1) is 22.2. The maximum Gasteiger partial charge on any atom is 0.411 e. The van der Waals surface area contributed by atoms with Crippen LogP contribution in [-0.4, -0.2) is 56.3 Å². The van der Waals surface area contributed by atoms with E-state index >= 15 is 0 Å². The van der Waals surface area contributed by atoms with Crippen LogP contribution in [0.1, 0.15) is 39.7 Å². The number of benzene rings is 1. The molecule has 1 aliphatic heterocycles. The van der Waals surface area contributed by atoms with Gasteiger partial charge >= 0.3 is 12.1 Å². The molecule has 0 aromatic heterocycles. The van der Waals surface area contributed by atoms with Crippen LogP contribution in [-0.2, 0) is 28.6 Å². The van der Waals surface area contributed by atoms with Gasteiger partial charge < -0.3 is 9.47 Å². The van der Waals surface area contributed by atoms with Crippen LogP contribution in [0.2, 0.25) is 0 Å². The summed E-state index contributed by atoms with van der Waals surface area (Å²) in [5, 5.41) is 0. The van der Waals surface area contributed by atoms with Gasteiger partial charge in [-0.1, -0.05) is 17.7 Å². The molecule has 0 saturated carbocycles. The van der Waals surface area contributed by atoms with Crippen molar-refractivity contribution >= 4 is 22.2 Å². The summed E-state index contributed by atoms with van der Waals surface area (Å²) in [5.74, 6) is -0.618. The lowest BCUT2D eigenvalue weighted by molar-refractivity contribution is -0.148. The van der Waals surface area contributed by atoms with Crippen molar-refractivity contribution in [2.24, 2.45) is 0 Å². The number of hydrogen-bond acceptors (Lipinski definition) is 7. The lowest BCUT2D eigenvalue weighted by atomic mass is 10.2. The van der Waals surface area contributed by atoms with Crippen molar-refractivity contribution in [2.45, 2.75) is 63.7 Å². The van der Waals surface area contributed by atoms with Crippen LogP contribution in [0.5, 0.6) is 0 Å². The number of aryl methyl sites for hydroxylation is 1. The van der Waals surface area contributed by atoms with E-state index in [9.17, 15) is 18.0 Å². The molecule has 2 unspecified atom stereocenters. The van der Waals surface area contributed by atoms with Gasteiger partial charge in [-0.15, -0.1) is 0 Å². The quantitative estimate of drug-likeness (QED) is 0.540. The first-order valence-corrected chi connectivity index (χ1v) is 10.5. The molecule has 28 heavy (non-hydrogen) atoms. The van der Waals surface area contributed by atoms with Gasteiger partial charge in [0.05, 0.1) is 24.2 Å². The molecule has 1 amide bonds. The molecular weight excluding hydrogens is 386 g/mol. The lowest BCUT2D eigenvalue weighted by Gasteiger charge is -2.27. The van der Waals surface area contributed by atoms with Gasteiger partial charge in [0.25, 0.3) is 10.1 Å². The molecule has 0 aliphatic carbocycles. The number of esters is 1. The van der Waals surface area contributed by atoms with E-state index in [1.807, 2.05) is 6.92 Å². The molecule has 0 bridgehead atoms. The standard InChI is InChI=1S/C19H27NO7S/c1-6-25-17(21)16-11-14(12-20(16)18(22)26-19(3,4)5)27-28(23,24)15-9-7-13(2)8-10-15/h7-10,14,16H,6,11-12H2,1-5H3. The van der Waals surface area contributed by atoms with Gasteiger partial charge in [0, 0.05) is 6.42 Å². The van der Waals surface area contributed by atoms with E-state index in [0.29, 0.717) is 0 Å². The highest BCUT2D eigenvalue weighted by atomic mass is 32.2. The molecule has 0 N–H and O–H groups in total. The molecule has 1 heterocycles. The molecule has 1 saturated heterocycles. The second kappa shape index (κ2) is 8.48. The number of carbonyl (C=O) groups is 2. The van der Waals surface area contributed by atoms with Crippen molar-refractivity contribution in [1.82, 2.24) is 4.90 Å². The molecule has 1 aliphatic rings. The zero-order valence-corrected chi connectivity index (χ0v) is 17.6. The van der Waals surface area contributed by atoms with Crippen molar-refractivity contribution in [1.29, 1.82) is 0 Å². The SMILES string of the molecule is CCOC(=O)C1CC(OS(=O)(=O)c2ccc(C)cc2)CN1C(=O)OC(C)(C)C. The zero-order chi connectivity index (χ0) is 21.1. The van der Waals surface area contributed by atoms with Gasteiger partial charge in [0.2, 0.25) is 0 Å². The van der Waals surface area contributed by atoms with Crippen LogP contribution in [0.25, 0.3) is 0 Å². The third kappa shape index (κ3) is 5.68. The minimum Gasteiger partial charge on any atom is -0.464 e. The number of rotatable bonds is 5. The molecule has 0 radical (unpaired) electrons. The molecule has 8 nitrogen and oxygen atoms in total. The van der Waals surface area contributed by atoms with Crippen LogP contribution in [0.4, 0.5) is 4.79 Å². The third-order valence-corrected chi connectivity index (χ3v) is 5.40. The van der Waals surface area contributed by atoms with Crippen LogP contribution < -0.4 is 0 Å². The predicted molar refractivity (Wildman–Crippen MR) is 101 cm³/mol. The van der Waals surface area contributed by atoms with Crippen LogP contribution in [0, 0.1) is 6.92 Å². The van der Waals surface area contributed by atoms with E-state index in [1.165, 1.54) is 17.0 Å². The minimum absolute atomic E-state index is 0.00314. The Bertz CT molecular complexity index is 812. The summed E-state index contributed by atoms with van der Waals surface area (Å²) >= 11 is 0. The molecule has 9 heteroatoms. The predicted octanol–water partition coefficient (Wildman–Crippen LogP) is 2.64.